The molecule has 2 nitrogen and oxygen atoms in total. The summed E-state index contributed by atoms with van der Waals surface area (Å²) in [5.41, 5.74) is 1.36. The van der Waals surface area contributed by atoms with E-state index in [4.69, 9.17) is 0 Å². The van der Waals surface area contributed by atoms with E-state index in [1.54, 1.807) is 23.5 Å². The second-order valence-electron chi connectivity index (χ2n) is 3.85. The van der Waals surface area contributed by atoms with Crippen molar-refractivity contribution < 1.29 is 9.59 Å². The molecule has 0 fully saturated rings. The molecule has 1 aliphatic rings. The zero-order chi connectivity index (χ0) is 12.5. The van der Waals surface area contributed by atoms with Crippen LogP contribution in [0.15, 0.2) is 56.0 Å². The molecule has 0 aliphatic carbocycles. The average Bonchev–Trinajstić information content (AvgIpc) is 2.43. The third-order valence-corrected chi connectivity index (χ3v) is 5.17. The summed E-state index contributed by atoms with van der Waals surface area (Å²) >= 11 is 3.27. The molecule has 0 saturated carbocycles. The predicted molar refractivity (Wildman–Crippen MR) is 71.9 cm³/mol. The Balaban J connectivity index is 2.06. The molecule has 18 heavy (non-hydrogen) atoms. The van der Waals surface area contributed by atoms with Gasteiger partial charge in [-0.15, -0.1) is 0 Å². The lowest BCUT2D eigenvalue weighted by molar-refractivity contribution is 0.111. The summed E-state index contributed by atoms with van der Waals surface area (Å²) < 4.78 is 0. The Labute approximate surface area is 113 Å². The lowest BCUT2D eigenvalue weighted by atomic mass is 10.2. The van der Waals surface area contributed by atoms with Crippen molar-refractivity contribution >= 4 is 36.1 Å². The second-order valence-corrected chi connectivity index (χ2v) is 6.02. The molecule has 2 aromatic carbocycles. The van der Waals surface area contributed by atoms with Crippen LogP contribution in [0, 0.1) is 0 Å². The molecule has 3 rings (SSSR count). The van der Waals surface area contributed by atoms with Gasteiger partial charge in [-0.1, -0.05) is 35.7 Å². The highest BCUT2D eigenvalue weighted by molar-refractivity contribution is 8.05. The fourth-order valence-corrected chi connectivity index (χ4v) is 4.05. The lowest BCUT2D eigenvalue weighted by Gasteiger charge is -2.18. The van der Waals surface area contributed by atoms with E-state index in [2.05, 4.69) is 0 Å². The average molecular weight is 272 g/mol. The van der Waals surface area contributed by atoms with Gasteiger partial charge in [-0.05, 0) is 24.3 Å². The molecule has 0 bridgehead atoms. The van der Waals surface area contributed by atoms with Gasteiger partial charge in [-0.3, -0.25) is 9.59 Å². The summed E-state index contributed by atoms with van der Waals surface area (Å²) in [6.07, 6.45) is 1.70. The minimum Gasteiger partial charge on any atom is -0.298 e. The van der Waals surface area contributed by atoms with Crippen molar-refractivity contribution in [1.29, 1.82) is 0 Å². The number of aldehydes is 2. The lowest BCUT2D eigenvalue weighted by Crippen LogP contribution is -1.92. The molecular formula is C14H8O2S2. The monoisotopic (exact) mass is 272 g/mol. The van der Waals surface area contributed by atoms with E-state index in [0.717, 1.165) is 32.2 Å². The zero-order valence-corrected chi connectivity index (χ0v) is 10.9. The molecule has 0 atom stereocenters. The summed E-state index contributed by atoms with van der Waals surface area (Å²) in [6, 6.07) is 11.3. The SMILES string of the molecule is O=Cc1ccc2c(c1)Sc1cc(C=O)ccc1S2. The Morgan fingerprint density at radius 3 is 1.56 bits per heavy atom. The van der Waals surface area contributed by atoms with Crippen LogP contribution in [0.25, 0.3) is 0 Å². The van der Waals surface area contributed by atoms with E-state index in [-0.39, 0.29) is 0 Å². The van der Waals surface area contributed by atoms with Crippen LogP contribution in [-0.4, -0.2) is 12.6 Å². The summed E-state index contributed by atoms with van der Waals surface area (Å²) in [7, 11) is 0. The topological polar surface area (TPSA) is 34.1 Å². The molecule has 0 radical (unpaired) electrons. The summed E-state index contributed by atoms with van der Waals surface area (Å²) in [5.74, 6) is 0. The number of fused-ring (bicyclic) bond motifs is 2. The van der Waals surface area contributed by atoms with Gasteiger partial charge >= 0.3 is 0 Å². The van der Waals surface area contributed by atoms with Crippen molar-refractivity contribution in [3.8, 4) is 0 Å². The molecule has 0 aromatic heterocycles. The molecule has 0 N–H and O–H groups in total. The van der Waals surface area contributed by atoms with Gasteiger partial charge in [-0.2, -0.15) is 0 Å². The van der Waals surface area contributed by atoms with Crippen molar-refractivity contribution in [3.63, 3.8) is 0 Å². The molecule has 88 valence electrons. The van der Waals surface area contributed by atoms with Crippen LogP contribution in [0.4, 0.5) is 0 Å². The van der Waals surface area contributed by atoms with Crippen LogP contribution in [-0.2, 0) is 0 Å². The molecule has 2 aromatic rings. The van der Waals surface area contributed by atoms with E-state index in [0.29, 0.717) is 11.1 Å². The Kier molecular flexibility index (Phi) is 2.97. The van der Waals surface area contributed by atoms with E-state index in [1.807, 2.05) is 36.4 Å². The number of benzene rings is 2. The maximum absolute atomic E-state index is 10.8. The molecule has 1 aliphatic heterocycles. The first kappa shape index (κ1) is 11.6. The Morgan fingerprint density at radius 2 is 1.11 bits per heavy atom. The van der Waals surface area contributed by atoms with Crippen LogP contribution >= 0.6 is 23.5 Å². The molecule has 0 amide bonds. The van der Waals surface area contributed by atoms with Crippen molar-refractivity contribution in [2.24, 2.45) is 0 Å². The molecular weight excluding hydrogens is 264 g/mol. The van der Waals surface area contributed by atoms with E-state index in [1.165, 1.54) is 0 Å². The standard InChI is InChI=1S/C14H8O2S2/c15-7-9-1-3-11-13(5-9)18-14-6-10(8-16)2-4-12(14)17-11/h1-8H. The largest absolute Gasteiger partial charge is 0.298 e. The fraction of sp³-hybridized carbons (Fsp3) is 0. The Hall–Kier alpha value is -1.52. The predicted octanol–water partition coefficient (Wildman–Crippen LogP) is 3.93. The molecule has 4 heteroatoms. The number of hydrogen-bond donors (Lipinski definition) is 0. The molecule has 0 saturated heterocycles. The minimum atomic E-state index is 0.678. The van der Waals surface area contributed by atoms with Gasteiger partial charge < -0.3 is 0 Å². The van der Waals surface area contributed by atoms with E-state index >= 15 is 0 Å². The van der Waals surface area contributed by atoms with Gasteiger partial charge in [0.25, 0.3) is 0 Å². The summed E-state index contributed by atoms with van der Waals surface area (Å²) in [5, 5.41) is 0. The summed E-state index contributed by atoms with van der Waals surface area (Å²) in [4.78, 5) is 26.0. The summed E-state index contributed by atoms with van der Waals surface area (Å²) in [6.45, 7) is 0. The van der Waals surface area contributed by atoms with Gasteiger partial charge in [0.2, 0.25) is 0 Å². The first-order valence-corrected chi connectivity index (χ1v) is 6.97. The molecule has 0 spiro atoms. The molecule has 0 unspecified atom stereocenters. The number of hydrogen-bond acceptors (Lipinski definition) is 4. The van der Waals surface area contributed by atoms with Crippen LogP contribution in [0.3, 0.4) is 0 Å². The van der Waals surface area contributed by atoms with Crippen molar-refractivity contribution in [3.05, 3.63) is 47.5 Å². The van der Waals surface area contributed by atoms with Gasteiger partial charge in [0.15, 0.2) is 0 Å². The highest BCUT2D eigenvalue weighted by Gasteiger charge is 2.17. The van der Waals surface area contributed by atoms with E-state index < -0.39 is 0 Å². The van der Waals surface area contributed by atoms with Crippen LogP contribution in [0.1, 0.15) is 20.7 Å². The van der Waals surface area contributed by atoms with Crippen molar-refractivity contribution in [2.45, 2.75) is 19.6 Å². The van der Waals surface area contributed by atoms with E-state index in [9.17, 15) is 9.59 Å². The maximum atomic E-state index is 10.8. The highest BCUT2D eigenvalue weighted by Crippen LogP contribution is 2.48. The van der Waals surface area contributed by atoms with Crippen molar-refractivity contribution in [1.82, 2.24) is 0 Å². The third kappa shape index (κ3) is 1.98. The highest BCUT2D eigenvalue weighted by atomic mass is 32.2. The van der Waals surface area contributed by atoms with Gasteiger partial charge in [-0.25, -0.2) is 0 Å². The number of carbonyl (C=O) groups excluding carboxylic acids is 2. The van der Waals surface area contributed by atoms with Gasteiger partial charge in [0.05, 0.1) is 0 Å². The zero-order valence-electron chi connectivity index (χ0n) is 9.25. The van der Waals surface area contributed by atoms with Gasteiger partial charge in [0, 0.05) is 30.7 Å². The molecule has 1 heterocycles. The number of rotatable bonds is 2. The Bertz CT molecular complexity index is 595. The minimum absolute atomic E-state index is 0.678. The maximum Gasteiger partial charge on any atom is 0.150 e. The first-order valence-electron chi connectivity index (χ1n) is 5.34. The van der Waals surface area contributed by atoms with Crippen LogP contribution in [0.5, 0.6) is 0 Å². The fourth-order valence-electron chi connectivity index (χ4n) is 1.76. The Morgan fingerprint density at radius 1 is 0.667 bits per heavy atom. The van der Waals surface area contributed by atoms with Crippen LogP contribution < -0.4 is 0 Å². The first-order chi connectivity index (χ1) is 8.80. The van der Waals surface area contributed by atoms with Crippen molar-refractivity contribution in [2.75, 3.05) is 0 Å². The van der Waals surface area contributed by atoms with Gasteiger partial charge in [0.1, 0.15) is 12.6 Å². The normalized spacial score (nSPS) is 12.4. The smallest absolute Gasteiger partial charge is 0.150 e. The second kappa shape index (κ2) is 4.63. The quantitative estimate of drug-likeness (QED) is 0.662. The number of carbonyl (C=O) groups is 2. The third-order valence-electron chi connectivity index (χ3n) is 2.65. The van der Waals surface area contributed by atoms with Crippen LogP contribution in [0.2, 0.25) is 0 Å².